The van der Waals surface area contributed by atoms with E-state index in [1.165, 1.54) is 24.8 Å². The van der Waals surface area contributed by atoms with Gasteiger partial charge in [0.25, 0.3) is 0 Å². The number of likely N-dealkylation sites (tertiary alicyclic amines) is 1. The summed E-state index contributed by atoms with van der Waals surface area (Å²) in [7, 11) is 0. The lowest BCUT2D eigenvalue weighted by Gasteiger charge is -2.25. The van der Waals surface area contributed by atoms with Gasteiger partial charge >= 0.3 is 0 Å². The van der Waals surface area contributed by atoms with Crippen LogP contribution in [0.1, 0.15) is 50.3 Å². The minimum Gasteiger partial charge on any atom is -0.387 e. The fourth-order valence-electron chi connectivity index (χ4n) is 2.96. The van der Waals surface area contributed by atoms with Crippen LogP contribution in [0.15, 0.2) is 24.3 Å². The molecule has 106 valence electrons. The highest BCUT2D eigenvalue weighted by atomic mass is 16.3. The Bertz CT molecular complexity index is 413. The molecule has 1 N–H and O–H groups in total. The van der Waals surface area contributed by atoms with Crippen LogP contribution < -0.4 is 0 Å². The Balaban J connectivity index is 1.96. The number of hydrogen-bond acceptors (Lipinski definition) is 2. The van der Waals surface area contributed by atoms with Crippen molar-refractivity contribution in [3.63, 3.8) is 0 Å². The molecule has 0 radical (unpaired) electrons. The quantitative estimate of drug-likeness (QED) is 0.899. The molecule has 1 aliphatic heterocycles. The largest absolute Gasteiger partial charge is 0.387 e. The number of aryl methyl sites for hydroxylation is 1. The van der Waals surface area contributed by atoms with Crippen molar-refractivity contribution in [2.45, 2.75) is 46.1 Å². The molecular formula is C17H27NO. The van der Waals surface area contributed by atoms with Crippen molar-refractivity contribution < 1.29 is 5.11 Å². The summed E-state index contributed by atoms with van der Waals surface area (Å²) >= 11 is 0. The van der Waals surface area contributed by atoms with Crippen LogP contribution in [0.3, 0.4) is 0 Å². The maximum atomic E-state index is 10.4. The van der Waals surface area contributed by atoms with E-state index in [1.54, 1.807) is 0 Å². The predicted octanol–water partition coefficient (Wildman–Crippen LogP) is 3.54. The molecule has 1 aliphatic rings. The minimum absolute atomic E-state index is 0.359. The molecule has 1 saturated heterocycles. The van der Waals surface area contributed by atoms with Crippen molar-refractivity contribution in [2.24, 2.45) is 5.41 Å². The van der Waals surface area contributed by atoms with Gasteiger partial charge in [-0.25, -0.2) is 0 Å². The lowest BCUT2D eigenvalue weighted by molar-refractivity contribution is 0.112. The van der Waals surface area contributed by atoms with Crippen LogP contribution in [-0.2, 0) is 0 Å². The topological polar surface area (TPSA) is 23.5 Å². The fraction of sp³-hybridized carbons (Fsp3) is 0.647. The molecule has 1 aromatic rings. The number of aliphatic hydroxyl groups is 1. The maximum absolute atomic E-state index is 10.4. The normalized spacial score (nSPS) is 21.9. The highest BCUT2D eigenvalue weighted by Gasteiger charge is 2.24. The van der Waals surface area contributed by atoms with E-state index >= 15 is 0 Å². The van der Waals surface area contributed by atoms with Gasteiger partial charge in [-0.2, -0.15) is 0 Å². The molecular weight excluding hydrogens is 234 g/mol. The van der Waals surface area contributed by atoms with Crippen molar-refractivity contribution >= 4 is 0 Å². The molecule has 2 heteroatoms. The Hall–Kier alpha value is -0.860. The summed E-state index contributed by atoms with van der Waals surface area (Å²) in [5.41, 5.74) is 2.72. The monoisotopic (exact) mass is 261 g/mol. The molecule has 19 heavy (non-hydrogen) atoms. The van der Waals surface area contributed by atoms with Crippen LogP contribution in [0.25, 0.3) is 0 Å². The molecule has 2 nitrogen and oxygen atoms in total. The average molecular weight is 261 g/mol. The number of benzene rings is 1. The van der Waals surface area contributed by atoms with Crippen LogP contribution in [-0.4, -0.2) is 29.6 Å². The first-order valence-electron chi connectivity index (χ1n) is 7.44. The average Bonchev–Trinajstić information content (AvgIpc) is 2.51. The Morgan fingerprint density at radius 2 is 1.95 bits per heavy atom. The number of nitrogens with zero attached hydrogens (tertiary/aromatic N) is 1. The molecule has 0 bridgehead atoms. The molecule has 1 atom stereocenters. The van der Waals surface area contributed by atoms with Gasteiger partial charge in [-0.3, -0.25) is 0 Å². The van der Waals surface area contributed by atoms with Crippen molar-refractivity contribution in [1.29, 1.82) is 0 Å². The van der Waals surface area contributed by atoms with Gasteiger partial charge in [0, 0.05) is 6.54 Å². The Labute approximate surface area is 117 Å². The SMILES string of the molecule is Cc1ccccc1C(O)CN1CCCC(C)(C)CC1. The number of aliphatic hydroxyl groups excluding tert-OH is 1. The zero-order valence-electron chi connectivity index (χ0n) is 12.5. The molecule has 1 fully saturated rings. The highest BCUT2D eigenvalue weighted by Crippen LogP contribution is 2.30. The first-order chi connectivity index (χ1) is 8.98. The Morgan fingerprint density at radius 3 is 2.68 bits per heavy atom. The second-order valence-electron chi connectivity index (χ2n) is 6.69. The molecule has 1 heterocycles. The van der Waals surface area contributed by atoms with E-state index in [2.05, 4.69) is 31.7 Å². The summed E-state index contributed by atoms with van der Waals surface area (Å²) in [6.45, 7) is 9.77. The van der Waals surface area contributed by atoms with Crippen molar-refractivity contribution in [3.8, 4) is 0 Å². The van der Waals surface area contributed by atoms with Crippen LogP contribution in [0.2, 0.25) is 0 Å². The number of rotatable bonds is 3. The van der Waals surface area contributed by atoms with Crippen LogP contribution in [0.5, 0.6) is 0 Å². The summed E-state index contributed by atoms with van der Waals surface area (Å²) < 4.78 is 0. The first-order valence-corrected chi connectivity index (χ1v) is 7.44. The maximum Gasteiger partial charge on any atom is 0.0919 e. The third-order valence-electron chi connectivity index (χ3n) is 4.41. The van der Waals surface area contributed by atoms with Gasteiger partial charge in [-0.05, 0) is 55.8 Å². The highest BCUT2D eigenvalue weighted by molar-refractivity contribution is 5.27. The lowest BCUT2D eigenvalue weighted by atomic mass is 9.85. The van der Waals surface area contributed by atoms with Crippen molar-refractivity contribution in [2.75, 3.05) is 19.6 Å². The molecule has 2 rings (SSSR count). The van der Waals surface area contributed by atoms with Crippen LogP contribution >= 0.6 is 0 Å². The molecule has 0 amide bonds. The predicted molar refractivity (Wildman–Crippen MR) is 80.2 cm³/mol. The molecule has 0 spiro atoms. The Kier molecular flexibility index (Phi) is 4.64. The van der Waals surface area contributed by atoms with Crippen LogP contribution in [0, 0.1) is 12.3 Å². The van der Waals surface area contributed by atoms with Gasteiger partial charge in [0.2, 0.25) is 0 Å². The smallest absolute Gasteiger partial charge is 0.0919 e. The van der Waals surface area contributed by atoms with Gasteiger partial charge in [0.15, 0.2) is 0 Å². The van der Waals surface area contributed by atoms with E-state index in [1.807, 2.05) is 18.2 Å². The fourth-order valence-corrected chi connectivity index (χ4v) is 2.96. The van der Waals surface area contributed by atoms with Gasteiger partial charge in [-0.1, -0.05) is 38.1 Å². The summed E-state index contributed by atoms with van der Waals surface area (Å²) in [6, 6.07) is 8.16. The molecule has 0 aromatic heterocycles. The van der Waals surface area contributed by atoms with Crippen molar-refractivity contribution in [3.05, 3.63) is 35.4 Å². The first kappa shape index (κ1) is 14.5. The zero-order valence-corrected chi connectivity index (χ0v) is 12.5. The molecule has 1 unspecified atom stereocenters. The zero-order chi connectivity index (χ0) is 13.9. The molecule has 0 aliphatic carbocycles. The van der Waals surface area contributed by atoms with Gasteiger partial charge < -0.3 is 10.0 Å². The lowest BCUT2D eigenvalue weighted by Crippen LogP contribution is -2.30. The van der Waals surface area contributed by atoms with Crippen molar-refractivity contribution in [1.82, 2.24) is 4.90 Å². The van der Waals surface area contributed by atoms with E-state index in [0.29, 0.717) is 5.41 Å². The van der Waals surface area contributed by atoms with Crippen LogP contribution in [0.4, 0.5) is 0 Å². The summed E-state index contributed by atoms with van der Waals surface area (Å²) in [6.07, 6.45) is 3.41. The summed E-state index contributed by atoms with van der Waals surface area (Å²) in [5.74, 6) is 0. The third kappa shape index (κ3) is 4.05. The minimum atomic E-state index is -0.359. The molecule has 1 aromatic carbocycles. The third-order valence-corrected chi connectivity index (χ3v) is 4.41. The van der Waals surface area contributed by atoms with E-state index in [-0.39, 0.29) is 6.10 Å². The van der Waals surface area contributed by atoms with Gasteiger partial charge in [-0.15, -0.1) is 0 Å². The van der Waals surface area contributed by atoms with E-state index < -0.39 is 0 Å². The van der Waals surface area contributed by atoms with Gasteiger partial charge in [0.1, 0.15) is 0 Å². The second kappa shape index (κ2) is 6.06. The van der Waals surface area contributed by atoms with Gasteiger partial charge in [0.05, 0.1) is 6.10 Å². The Morgan fingerprint density at radius 1 is 1.21 bits per heavy atom. The second-order valence-corrected chi connectivity index (χ2v) is 6.69. The summed E-state index contributed by atoms with van der Waals surface area (Å²) in [5, 5.41) is 10.4. The standard InChI is InChI=1S/C17H27NO/c1-14-7-4-5-8-15(14)16(19)13-18-11-6-9-17(2,3)10-12-18/h4-5,7-8,16,19H,6,9-13H2,1-3H3. The number of β-amino-alcohol motifs (C(OH)–C–C–N with tert-alkyl or cyclic N) is 1. The molecule has 0 saturated carbocycles. The summed E-state index contributed by atoms with van der Waals surface area (Å²) in [4.78, 5) is 2.42. The van der Waals surface area contributed by atoms with E-state index in [9.17, 15) is 5.11 Å². The van der Waals surface area contributed by atoms with E-state index in [0.717, 1.165) is 25.2 Å². The van der Waals surface area contributed by atoms with E-state index in [4.69, 9.17) is 0 Å². The number of hydrogen-bond donors (Lipinski definition) is 1.